The Balaban J connectivity index is 1.95. The number of nitrogens with one attached hydrogen (secondary N) is 1. The molecule has 1 saturated carbocycles. The second kappa shape index (κ2) is 5.17. The van der Waals surface area contributed by atoms with E-state index in [1.165, 1.54) is 0 Å². The third-order valence-electron chi connectivity index (χ3n) is 4.76. The zero-order chi connectivity index (χ0) is 15.0. The second-order valence-electron chi connectivity index (χ2n) is 6.23. The first-order valence-electron chi connectivity index (χ1n) is 7.76. The standard InChI is InChI=1S/C17H22N2O2/c1-3-11-19-15(20)14(12-7-5-4-6-8-12)18-16(21)17(19,2)13-9-10-13/h4-8,13-14H,3,9-11H2,1-2H3,(H,18,21). The molecule has 4 heteroatoms. The van der Waals surface area contributed by atoms with Crippen molar-refractivity contribution in [1.29, 1.82) is 0 Å². The summed E-state index contributed by atoms with van der Waals surface area (Å²) >= 11 is 0. The molecule has 1 aliphatic carbocycles. The van der Waals surface area contributed by atoms with Crippen molar-refractivity contribution in [3.63, 3.8) is 0 Å². The average molecular weight is 286 g/mol. The summed E-state index contributed by atoms with van der Waals surface area (Å²) in [5.74, 6) is 0.327. The Morgan fingerprint density at radius 2 is 1.90 bits per heavy atom. The van der Waals surface area contributed by atoms with Crippen LogP contribution in [0.1, 0.15) is 44.7 Å². The van der Waals surface area contributed by atoms with Crippen molar-refractivity contribution in [2.75, 3.05) is 6.54 Å². The average Bonchev–Trinajstić information content (AvgIpc) is 3.33. The maximum Gasteiger partial charge on any atom is 0.250 e. The zero-order valence-corrected chi connectivity index (χ0v) is 12.6. The molecule has 4 nitrogen and oxygen atoms in total. The van der Waals surface area contributed by atoms with Crippen molar-refractivity contribution in [3.8, 4) is 0 Å². The Morgan fingerprint density at radius 3 is 2.48 bits per heavy atom. The quantitative estimate of drug-likeness (QED) is 0.923. The minimum atomic E-state index is -0.668. The molecule has 2 amide bonds. The lowest BCUT2D eigenvalue weighted by atomic mass is 9.86. The minimum Gasteiger partial charge on any atom is -0.338 e. The molecule has 112 valence electrons. The van der Waals surface area contributed by atoms with E-state index in [4.69, 9.17) is 0 Å². The number of rotatable bonds is 4. The van der Waals surface area contributed by atoms with Gasteiger partial charge < -0.3 is 10.2 Å². The molecule has 0 bridgehead atoms. The van der Waals surface area contributed by atoms with E-state index in [1.807, 2.05) is 49.1 Å². The molecule has 3 rings (SSSR count). The summed E-state index contributed by atoms with van der Waals surface area (Å²) in [7, 11) is 0. The molecule has 0 aromatic heterocycles. The van der Waals surface area contributed by atoms with Gasteiger partial charge in [-0.2, -0.15) is 0 Å². The number of hydrogen-bond donors (Lipinski definition) is 1. The lowest BCUT2D eigenvalue weighted by Crippen LogP contribution is -2.67. The molecule has 21 heavy (non-hydrogen) atoms. The molecule has 1 aliphatic heterocycles. The topological polar surface area (TPSA) is 49.4 Å². The molecular formula is C17H22N2O2. The van der Waals surface area contributed by atoms with Gasteiger partial charge >= 0.3 is 0 Å². The number of amides is 2. The molecule has 2 aliphatic rings. The van der Waals surface area contributed by atoms with Gasteiger partial charge in [0.2, 0.25) is 5.91 Å². The number of piperazine rings is 1. The highest BCUT2D eigenvalue weighted by Gasteiger charge is 2.56. The van der Waals surface area contributed by atoms with Crippen LogP contribution in [0, 0.1) is 5.92 Å². The molecule has 1 N–H and O–H groups in total. The first-order chi connectivity index (χ1) is 10.1. The molecule has 2 atom stereocenters. The van der Waals surface area contributed by atoms with Crippen LogP contribution >= 0.6 is 0 Å². The predicted octanol–water partition coefficient (Wildman–Crippen LogP) is 2.26. The van der Waals surface area contributed by atoms with E-state index in [0.717, 1.165) is 24.8 Å². The first-order valence-corrected chi connectivity index (χ1v) is 7.76. The third kappa shape index (κ3) is 2.23. The van der Waals surface area contributed by atoms with Gasteiger partial charge in [-0.15, -0.1) is 0 Å². The largest absolute Gasteiger partial charge is 0.338 e. The van der Waals surface area contributed by atoms with Crippen LogP contribution in [0.3, 0.4) is 0 Å². The molecule has 1 saturated heterocycles. The van der Waals surface area contributed by atoms with Crippen LogP contribution in [0.15, 0.2) is 30.3 Å². The monoisotopic (exact) mass is 286 g/mol. The lowest BCUT2D eigenvalue weighted by molar-refractivity contribution is -0.158. The van der Waals surface area contributed by atoms with Crippen LogP contribution < -0.4 is 5.32 Å². The summed E-state index contributed by atoms with van der Waals surface area (Å²) in [5.41, 5.74) is 0.188. The van der Waals surface area contributed by atoms with Crippen LogP contribution in [0.2, 0.25) is 0 Å². The Morgan fingerprint density at radius 1 is 1.24 bits per heavy atom. The van der Waals surface area contributed by atoms with E-state index in [9.17, 15) is 9.59 Å². The van der Waals surface area contributed by atoms with E-state index >= 15 is 0 Å². The van der Waals surface area contributed by atoms with E-state index in [2.05, 4.69) is 5.32 Å². The lowest BCUT2D eigenvalue weighted by Gasteiger charge is -2.46. The molecular weight excluding hydrogens is 264 g/mol. The molecule has 1 aromatic carbocycles. The number of carbonyl (C=O) groups is 2. The maximum absolute atomic E-state index is 12.9. The fraction of sp³-hybridized carbons (Fsp3) is 0.529. The molecule has 2 fully saturated rings. The maximum atomic E-state index is 12.9. The summed E-state index contributed by atoms with van der Waals surface area (Å²) in [6, 6.07) is 8.95. The number of hydrogen-bond acceptors (Lipinski definition) is 2. The van der Waals surface area contributed by atoms with E-state index in [1.54, 1.807) is 0 Å². The van der Waals surface area contributed by atoms with Gasteiger partial charge in [0, 0.05) is 6.54 Å². The van der Waals surface area contributed by atoms with Crippen LogP contribution in [-0.2, 0) is 9.59 Å². The summed E-state index contributed by atoms with van der Waals surface area (Å²) in [5, 5.41) is 2.95. The first kappa shape index (κ1) is 14.1. The van der Waals surface area contributed by atoms with Gasteiger partial charge in [-0.25, -0.2) is 0 Å². The van der Waals surface area contributed by atoms with E-state index in [0.29, 0.717) is 12.5 Å². The molecule has 1 aromatic rings. The normalized spacial score (nSPS) is 29.4. The van der Waals surface area contributed by atoms with Gasteiger partial charge in [-0.1, -0.05) is 37.3 Å². The van der Waals surface area contributed by atoms with Gasteiger partial charge in [0.1, 0.15) is 11.6 Å². The van der Waals surface area contributed by atoms with Gasteiger partial charge in [-0.3, -0.25) is 9.59 Å². The Hall–Kier alpha value is -1.84. The summed E-state index contributed by atoms with van der Waals surface area (Å²) in [4.78, 5) is 27.4. The van der Waals surface area contributed by atoms with Gasteiger partial charge in [0.05, 0.1) is 0 Å². The Kier molecular flexibility index (Phi) is 3.47. The van der Waals surface area contributed by atoms with Crippen molar-refractivity contribution in [2.24, 2.45) is 5.92 Å². The summed E-state index contributed by atoms with van der Waals surface area (Å²) < 4.78 is 0. The van der Waals surface area contributed by atoms with Crippen molar-refractivity contribution in [1.82, 2.24) is 10.2 Å². The number of nitrogens with zero attached hydrogens (tertiary/aromatic N) is 1. The van der Waals surface area contributed by atoms with Gasteiger partial charge in [-0.05, 0) is 37.7 Å². The smallest absolute Gasteiger partial charge is 0.250 e. The Bertz CT molecular complexity index is 553. The fourth-order valence-corrected chi connectivity index (χ4v) is 3.33. The van der Waals surface area contributed by atoms with Crippen LogP contribution in [0.25, 0.3) is 0 Å². The predicted molar refractivity (Wildman–Crippen MR) is 80.5 cm³/mol. The fourth-order valence-electron chi connectivity index (χ4n) is 3.33. The summed E-state index contributed by atoms with van der Waals surface area (Å²) in [6.45, 7) is 4.61. The van der Waals surface area contributed by atoms with E-state index in [-0.39, 0.29) is 11.8 Å². The highest BCUT2D eigenvalue weighted by Crippen LogP contribution is 2.46. The van der Waals surface area contributed by atoms with Crippen molar-refractivity contribution in [3.05, 3.63) is 35.9 Å². The SMILES string of the molecule is CCCN1C(=O)C(c2ccccc2)NC(=O)C1(C)C1CC1. The van der Waals surface area contributed by atoms with Crippen LogP contribution in [0.5, 0.6) is 0 Å². The Labute approximate surface area is 125 Å². The van der Waals surface area contributed by atoms with Gasteiger partial charge in [0.25, 0.3) is 5.91 Å². The minimum absolute atomic E-state index is 0.00750. The highest BCUT2D eigenvalue weighted by molar-refractivity contribution is 6.00. The second-order valence-corrected chi connectivity index (χ2v) is 6.23. The molecule has 0 spiro atoms. The third-order valence-corrected chi connectivity index (χ3v) is 4.76. The molecule has 0 radical (unpaired) electrons. The zero-order valence-electron chi connectivity index (χ0n) is 12.6. The van der Waals surface area contributed by atoms with Crippen molar-refractivity contribution >= 4 is 11.8 Å². The van der Waals surface area contributed by atoms with Crippen LogP contribution in [0.4, 0.5) is 0 Å². The van der Waals surface area contributed by atoms with E-state index < -0.39 is 11.6 Å². The number of carbonyl (C=O) groups excluding carboxylic acids is 2. The highest BCUT2D eigenvalue weighted by atomic mass is 16.2. The van der Waals surface area contributed by atoms with Crippen molar-refractivity contribution in [2.45, 2.75) is 44.7 Å². The summed E-state index contributed by atoms with van der Waals surface area (Å²) in [6.07, 6.45) is 2.93. The van der Waals surface area contributed by atoms with Crippen LogP contribution in [-0.4, -0.2) is 28.8 Å². The van der Waals surface area contributed by atoms with Gasteiger partial charge in [0.15, 0.2) is 0 Å². The molecule has 2 unspecified atom stereocenters. The number of benzene rings is 1. The molecule has 1 heterocycles. The van der Waals surface area contributed by atoms with Crippen molar-refractivity contribution < 1.29 is 9.59 Å².